The van der Waals surface area contributed by atoms with Crippen molar-refractivity contribution in [1.29, 1.82) is 5.41 Å². The Morgan fingerprint density at radius 3 is 2.58 bits per heavy atom. The molecule has 0 spiro atoms. The normalized spacial score (nSPS) is 11.1. The van der Waals surface area contributed by atoms with Gasteiger partial charge in [-0.25, -0.2) is 4.98 Å². The molecule has 1 heterocycles. The quantitative estimate of drug-likeness (QED) is 0.576. The maximum absolute atomic E-state index is 7.67. The predicted octanol–water partition coefficient (Wildman–Crippen LogP) is 1.39. The Morgan fingerprint density at radius 1 is 1.37 bits per heavy atom. The third-order valence-electron chi connectivity index (χ3n) is 2.78. The van der Waals surface area contributed by atoms with Crippen LogP contribution in [0.25, 0.3) is 0 Å². The first-order valence-corrected chi connectivity index (χ1v) is 6.61. The topological polar surface area (TPSA) is 69.2 Å². The van der Waals surface area contributed by atoms with E-state index in [1.165, 1.54) is 0 Å². The number of nitrogens with two attached hydrogens (primary N) is 1. The lowest BCUT2D eigenvalue weighted by atomic mass is 10.1. The maximum Gasteiger partial charge on any atom is 0.139 e. The Balaban J connectivity index is 2.99. The first kappa shape index (κ1) is 15.4. The third-order valence-corrected chi connectivity index (χ3v) is 2.78. The molecule has 0 saturated heterocycles. The molecule has 19 heavy (non-hydrogen) atoms. The number of aromatic nitrogens is 1. The molecule has 0 bridgehead atoms. The van der Waals surface area contributed by atoms with Crippen LogP contribution in [0.15, 0.2) is 18.3 Å². The van der Waals surface area contributed by atoms with Gasteiger partial charge in [0.1, 0.15) is 11.7 Å². The van der Waals surface area contributed by atoms with Crippen LogP contribution in [0.1, 0.15) is 19.4 Å². The SMILES string of the molecule is CC(C)CN(CCN(C)C)c1ncccc1C(=N)N. The van der Waals surface area contributed by atoms with Gasteiger partial charge in [0.2, 0.25) is 0 Å². The van der Waals surface area contributed by atoms with Crippen LogP contribution in [0.3, 0.4) is 0 Å². The molecule has 0 atom stereocenters. The van der Waals surface area contributed by atoms with E-state index in [4.69, 9.17) is 11.1 Å². The summed E-state index contributed by atoms with van der Waals surface area (Å²) >= 11 is 0. The maximum atomic E-state index is 7.67. The van der Waals surface area contributed by atoms with Crippen LogP contribution in [0.2, 0.25) is 0 Å². The first-order chi connectivity index (χ1) is 8.91. The summed E-state index contributed by atoms with van der Waals surface area (Å²) in [6, 6.07) is 3.67. The molecule has 0 unspecified atom stereocenters. The average molecular weight is 263 g/mol. The molecular weight excluding hydrogens is 238 g/mol. The molecule has 0 aliphatic heterocycles. The van der Waals surface area contributed by atoms with Crippen molar-refractivity contribution in [1.82, 2.24) is 9.88 Å². The Labute approximate surface area is 115 Å². The van der Waals surface area contributed by atoms with Gasteiger partial charge in [-0.1, -0.05) is 13.8 Å². The van der Waals surface area contributed by atoms with Gasteiger partial charge in [-0.15, -0.1) is 0 Å². The van der Waals surface area contributed by atoms with Crippen LogP contribution < -0.4 is 10.6 Å². The molecule has 0 amide bonds. The monoisotopic (exact) mass is 263 g/mol. The predicted molar refractivity (Wildman–Crippen MR) is 80.9 cm³/mol. The number of anilines is 1. The van der Waals surface area contributed by atoms with E-state index in [1.54, 1.807) is 6.20 Å². The summed E-state index contributed by atoms with van der Waals surface area (Å²) < 4.78 is 0. The highest BCUT2D eigenvalue weighted by atomic mass is 15.2. The lowest BCUT2D eigenvalue weighted by molar-refractivity contribution is 0.408. The molecule has 1 aromatic heterocycles. The number of pyridine rings is 1. The van der Waals surface area contributed by atoms with Crippen molar-refractivity contribution >= 4 is 11.7 Å². The van der Waals surface area contributed by atoms with Crippen LogP contribution in [0, 0.1) is 11.3 Å². The lowest BCUT2D eigenvalue weighted by Gasteiger charge is -2.28. The summed E-state index contributed by atoms with van der Waals surface area (Å²) in [5.74, 6) is 1.41. The van der Waals surface area contributed by atoms with E-state index >= 15 is 0 Å². The van der Waals surface area contributed by atoms with Crippen LogP contribution in [0.4, 0.5) is 5.82 Å². The number of hydrogen-bond donors (Lipinski definition) is 2. The van der Waals surface area contributed by atoms with Crippen molar-refractivity contribution in [2.75, 3.05) is 38.6 Å². The molecule has 0 aromatic carbocycles. The highest BCUT2D eigenvalue weighted by Gasteiger charge is 2.15. The largest absolute Gasteiger partial charge is 0.384 e. The molecule has 1 rings (SSSR count). The van der Waals surface area contributed by atoms with E-state index in [0.717, 1.165) is 25.5 Å². The molecule has 0 radical (unpaired) electrons. The van der Waals surface area contributed by atoms with Gasteiger partial charge in [0.25, 0.3) is 0 Å². The molecule has 0 saturated carbocycles. The molecule has 0 fully saturated rings. The summed E-state index contributed by atoms with van der Waals surface area (Å²) in [6.45, 7) is 7.09. The Hall–Kier alpha value is -1.62. The smallest absolute Gasteiger partial charge is 0.139 e. The second-order valence-corrected chi connectivity index (χ2v) is 5.43. The van der Waals surface area contributed by atoms with E-state index in [-0.39, 0.29) is 5.84 Å². The van der Waals surface area contributed by atoms with Crippen molar-refractivity contribution in [2.24, 2.45) is 11.7 Å². The van der Waals surface area contributed by atoms with Crippen LogP contribution in [-0.4, -0.2) is 49.4 Å². The van der Waals surface area contributed by atoms with E-state index in [9.17, 15) is 0 Å². The lowest BCUT2D eigenvalue weighted by Crippen LogP contribution is -2.36. The highest BCUT2D eigenvalue weighted by molar-refractivity contribution is 5.99. The summed E-state index contributed by atoms with van der Waals surface area (Å²) in [5.41, 5.74) is 6.36. The number of nitrogens with zero attached hydrogens (tertiary/aromatic N) is 3. The second kappa shape index (κ2) is 7.09. The van der Waals surface area contributed by atoms with Crippen molar-refractivity contribution in [3.05, 3.63) is 23.9 Å². The molecule has 0 aliphatic rings. The first-order valence-electron chi connectivity index (χ1n) is 6.61. The zero-order valence-electron chi connectivity index (χ0n) is 12.3. The second-order valence-electron chi connectivity index (χ2n) is 5.43. The van der Waals surface area contributed by atoms with Gasteiger partial charge < -0.3 is 15.5 Å². The fraction of sp³-hybridized carbons (Fsp3) is 0.571. The van der Waals surface area contributed by atoms with Gasteiger partial charge in [-0.05, 0) is 32.1 Å². The molecule has 106 valence electrons. The van der Waals surface area contributed by atoms with Crippen molar-refractivity contribution in [3.8, 4) is 0 Å². The van der Waals surface area contributed by atoms with Gasteiger partial charge >= 0.3 is 0 Å². The highest BCUT2D eigenvalue weighted by Crippen LogP contribution is 2.17. The van der Waals surface area contributed by atoms with E-state index < -0.39 is 0 Å². The summed E-state index contributed by atoms with van der Waals surface area (Å²) in [6.07, 6.45) is 1.75. The zero-order chi connectivity index (χ0) is 14.4. The zero-order valence-corrected chi connectivity index (χ0v) is 12.3. The molecule has 0 aliphatic carbocycles. The van der Waals surface area contributed by atoms with Crippen LogP contribution in [0.5, 0.6) is 0 Å². The van der Waals surface area contributed by atoms with E-state index in [0.29, 0.717) is 11.5 Å². The number of nitrogens with one attached hydrogen (secondary N) is 1. The Morgan fingerprint density at radius 2 is 2.05 bits per heavy atom. The fourth-order valence-electron chi connectivity index (χ4n) is 1.90. The molecule has 5 nitrogen and oxygen atoms in total. The van der Waals surface area contributed by atoms with E-state index in [2.05, 4.69) is 42.7 Å². The molecule has 1 aromatic rings. The molecular formula is C14H25N5. The van der Waals surface area contributed by atoms with Crippen molar-refractivity contribution in [3.63, 3.8) is 0 Å². The van der Waals surface area contributed by atoms with Gasteiger partial charge in [-0.3, -0.25) is 5.41 Å². The standard InChI is InChI=1S/C14H25N5/c1-11(2)10-19(9-8-18(3)4)14-12(13(15)16)6-5-7-17-14/h5-7,11H,8-10H2,1-4H3,(H3,15,16). The average Bonchev–Trinajstić information content (AvgIpc) is 2.33. The number of amidine groups is 1. The number of hydrogen-bond acceptors (Lipinski definition) is 4. The van der Waals surface area contributed by atoms with Gasteiger partial charge in [0.05, 0.1) is 5.56 Å². The van der Waals surface area contributed by atoms with Crippen molar-refractivity contribution in [2.45, 2.75) is 13.8 Å². The van der Waals surface area contributed by atoms with Crippen molar-refractivity contribution < 1.29 is 0 Å². The van der Waals surface area contributed by atoms with Gasteiger partial charge in [0.15, 0.2) is 0 Å². The minimum Gasteiger partial charge on any atom is -0.384 e. The minimum atomic E-state index is 0.0710. The minimum absolute atomic E-state index is 0.0710. The third kappa shape index (κ3) is 4.87. The van der Waals surface area contributed by atoms with Gasteiger partial charge in [0, 0.05) is 25.8 Å². The summed E-state index contributed by atoms with van der Waals surface area (Å²) in [4.78, 5) is 8.77. The summed E-state index contributed by atoms with van der Waals surface area (Å²) in [7, 11) is 4.11. The number of nitrogen functional groups attached to an aromatic ring is 1. The summed E-state index contributed by atoms with van der Waals surface area (Å²) in [5, 5.41) is 7.67. The Bertz CT molecular complexity index is 414. The fourth-order valence-corrected chi connectivity index (χ4v) is 1.90. The van der Waals surface area contributed by atoms with Crippen LogP contribution >= 0.6 is 0 Å². The number of likely N-dealkylation sites (N-methyl/N-ethyl adjacent to an activating group) is 1. The van der Waals surface area contributed by atoms with Crippen LogP contribution in [-0.2, 0) is 0 Å². The Kier molecular flexibility index (Phi) is 5.76. The molecule has 3 N–H and O–H groups in total. The molecule has 5 heteroatoms. The van der Waals surface area contributed by atoms with Gasteiger partial charge in [-0.2, -0.15) is 0 Å². The number of rotatable bonds is 7. The van der Waals surface area contributed by atoms with E-state index in [1.807, 2.05) is 12.1 Å².